The predicted octanol–water partition coefficient (Wildman–Crippen LogP) is 3.16. The lowest BCUT2D eigenvalue weighted by Crippen LogP contribution is -2.12. The van der Waals surface area contributed by atoms with Gasteiger partial charge in [-0.1, -0.05) is 23.8 Å². The number of carbonyl (C=O) groups is 1. The van der Waals surface area contributed by atoms with Crippen LogP contribution < -0.4 is 0 Å². The maximum absolute atomic E-state index is 12.8. The van der Waals surface area contributed by atoms with Crippen LogP contribution in [0.1, 0.15) is 27.2 Å². The van der Waals surface area contributed by atoms with Crippen LogP contribution in [0.25, 0.3) is 0 Å². The molecule has 6 heteroatoms. The zero-order valence-corrected chi connectivity index (χ0v) is 14.8. The Morgan fingerprint density at radius 1 is 1.12 bits per heavy atom. The monoisotopic (exact) mass is 354 g/mol. The lowest BCUT2D eigenvalue weighted by atomic mass is 10.1. The Hall–Kier alpha value is -2.73. The summed E-state index contributed by atoms with van der Waals surface area (Å²) in [7, 11) is -3.68. The van der Waals surface area contributed by atoms with Gasteiger partial charge >= 0.3 is 0 Å². The largest absolute Gasteiger partial charge is 0.292 e. The molecule has 25 heavy (non-hydrogen) atoms. The molecule has 0 spiro atoms. The molecule has 0 bridgehead atoms. The number of aryl methyl sites for hydroxylation is 2. The summed E-state index contributed by atoms with van der Waals surface area (Å²) >= 11 is 0. The average Bonchev–Trinajstić information content (AvgIpc) is 3.04. The molecule has 2 aromatic heterocycles. The second kappa shape index (κ2) is 6.64. The van der Waals surface area contributed by atoms with Gasteiger partial charge in [0.1, 0.15) is 5.69 Å². The Labute approximate surface area is 147 Å². The van der Waals surface area contributed by atoms with E-state index in [4.69, 9.17) is 0 Å². The minimum Gasteiger partial charge on any atom is -0.292 e. The van der Waals surface area contributed by atoms with Crippen LogP contribution in [0.2, 0.25) is 0 Å². The van der Waals surface area contributed by atoms with Gasteiger partial charge in [-0.25, -0.2) is 12.4 Å². The Bertz CT molecular complexity index is 1020. The van der Waals surface area contributed by atoms with Crippen molar-refractivity contribution in [2.24, 2.45) is 0 Å². The highest BCUT2D eigenvalue weighted by atomic mass is 32.2. The van der Waals surface area contributed by atoms with E-state index in [1.54, 1.807) is 49.5 Å². The van der Waals surface area contributed by atoms with E-state index < -0.39 is 10.0 Å². The number of nitrogens with zero attached hydrogens (tertiary/aromatic N) is 2. The fourth-order valence-electron chi connectivity index (χ4n) is 2.68. The molecule has 0 radical (unpaired) electrons. The van der Waals surface area contributed by atoms with E-state index in [9.17, 15) is 13.2 Å². The second-order valence-corrected chi connectivity index (χ2v) is 7.75. The van der Waals surface area contributed by atoms with Crippen molar-refractivity contribution in [1.82, 2.24) is 8.96 Å². The van der Waals surface area contributed by atoms with Crippen LogP contribution >= 0.6 is 0 Å². The average molecular weight is 354 g/mol. The molecule has 0 saturated heterocycles. The van der Waals surface area contributed by atoms with E-state index in [1.165, 1.54) is 12.4 Å². The summed E-state index contributed by atoms with van der Waals surface area (Å²) in [6, 6.07) is 12.0. The number of benzene rings is 1. The van der Waals surface area contributed by atoms with Gasteiger partial charge in [-0.15, -0.1) is 0 Å². The van der Waals surface area contributed by atoms with Crippen molar-refractivity contribution < 1.29 is 13.2 Å². The van der Waals surface area contributed by atoms with E-state index in [-0.39, 0.29) is 17.1 Å². The molecule has 2 heterocycles. The van der Waals surface area contributed by atoms with Crippen LogP contribution in [0.3, 0.4) is 0 Å². The Morgan fingerprint density at radius 3 is 2.60 bits per heavy atom. The van der Waals surface area contributed by atoms with Crippen molar-refractivity contribution in [2.45, 2.75) is 25.2 Å². The van der Waals surface area contributed by atoms with Gasteiger partial charge < -0.3 is 0 Å². The highest BCUT2D eigenvalue weighted by Crippen LogP contribution is 2.20. The first-order valence-electron chi connectivity index (χ1n) is 7.82. The van der Waals surface area contributed by atoms with Crippen LogP contribution in [-0.4, -0.2) is 23.2 Å². The first-order chi connectivity index (χ1) is 11.9. The Balaban J connectivity index is 1.87. The van der Waals surface area contributed by atoms with Crippen molar-refractivity contribution in [3.05, 3.63) is 83.4 Å². The fraction of sp³-hybridized carbons (Fsp3) is 0.158. The number of rotatable bonds is 5. The third kappa shape index (κ3) is 3.53. The molecular weight excluding hydrogens is 336 g/mol. The van der Waals surface area contributed by atoms with Gasteiger partial charge in [0.05, 0.1) is 4.90 Å². The van der Waals surface area contributed by atoms with Gasteiger partial charge in [-0.05, 0) is 49.2 Å². The maximum atomic E-state index is 12.8. The van der Waals surface area contributed by atoms with Crippen LogP contribution in [0.4, 0.5) is 0 Å². The molecule has 128 valence electrons. The molecule has 0 aliphatic carbocycles. The molecule has 5 nitrogen and oxygen atoms in total. The van der Waals surface area contributed by atoms with Gasteiger partial charge in [0.15, 0.2) is 5.78 Å². The SMILES string of the molecule is Cc1ccc(S(=O)(=O)n2ccc(CC(=O)c3ccccn3)c2)c(C)c1. The molecule has 0 aliphatic heterocycles. The Morgan fingerprint density at radius 2 is 1.92 bits per heavy atom. The molecule has 0 amide bonds. The van der Waals surface area contributed by atoms with E-state index >= 15 is 0 Å². The van der Waals surface area contributed by atoms with Crippen LogP contribution in [0, 0.1) is 13.8 Å². The summed E-state index contributed by atoms with van der Waals surface area (Å²) in [5.41, 5.74) is 2.70. The zero-order valence-electron chi connectivity index (χ0n) is 14.0. The van der Waals surface area contributed by atoms with Gasteiger partial charge in [0, 0.05) is 25.0 Å². The molecule has 3 aromatic rings. The molecule has 0 unspecified atom stereocenters. The molecule has 1 aromatic carbocycles. The third-order valence-electron chi connectivity index (χ3n) is 3.93. The van der Waals surface area contributed by atoms with Gasteiger partial charge in [-0.3, -0.25) is 9.78 Å². The molecular formula is C19H18N2O3S. The first-order valence-corrected chi connectivity index (χ1v) is 9.26. The van der Waals surface area contributed by atoms with Crippen molar-refractivity contribution in [3.63, 3.8) is 0 Å². The van der Waals surface area contributed by atoms with Crippen LogP contribution in [0.15, 0.2) is 66.0 Å². The van der Waals surface area contributed by atoms with Crippen LogP contribution in [0.5, 0.6) is 0 Å². The van der Waals surface area contributed by atoms with Crippen molar-refractivity contribution >= 4 is 15.8 Å². The van der Waals surface area contributed by atoms with E-state index in [0.717, 1.165) is 9.54 Å². The van der Waals surface area contributed by atoms with Gasteiger partial charge in [-0.2, -0.15) is 0 Å². The summed E-state index contributed by atoms with van der Waals surface area (Å²) in [5, 5.41) is 0. The standard InChI is InChI=1S/C19H18N2O3S/c1-14-6-7-19(15(2)11-14)25(23,24)21-10-8-16(13-21)12-18(22)17-5-3-4-9-20-17/h3-11,13H,12H2,1-2H3. The molecule has 0 N–H and O–H groups in total. The van der Waals surface area contributed by atoms with Crippen molar-refractivity contribution in [3.8, 4) is 0 Å². The number of hydrogen-bond acceptors (Lipinski definition) is 4. The van der Waals surface area contributed by atoms with Gasteiger partial charge in [0.25, 0.3) is 10.0 Å². The first kappa shape index (κ1) is 17.1. The molecule has 0 saturated carbocycles. The summed E-state index contributed by atoms with van der Waals surface area (Å²) < 4.78 is 26.8. The normalized spacial score (nSPS) is 11.4. The number of aromatic nitrogens is 2. The lowest BCUT2D eigenvalue weighted by Gasteiger charge is -2.09. The summed E-state index contributed by atoms with van der Waals surface area (Å²) in [6.45, 7) is 3.69. The highest BCUT2D eigenvalue weighted by Gasteiger charge is 2.20. The number of hydrogen-bond donors (Lipinski definition) is 0. The predicted molar refractivity (Wildman–Crippen MR) is 95.2 cm³/mol. The lowest BCUT2D eigenvalue weighted by molar-refractivity contribution is 0.0988. The number of carbonyl (C=O) groups excluding carboxylic acids is 1. The van der Waals surface area contributed by atoms with E-state index in [2.05, 4.69) is 4.98 Å². The highest BCUT2D eigenvalue weighted by molar-refractivity contribution is 7.90. The zero-order chi connectivity index (χ0) is 18.0. The molecule has 0 atom stereocenters. The van der Waals surface area contributed by atoms with Crippen molar-refractivity contribution in [1.29, 1.82) is 0 Å². The van der Waals surface area contributed by atoms with E-state index in [0.29, 0.717) is 16.8 Å². The molecule has 0 aliphatic rings. The number of Topliss-reactive ketones (excluding diaryl/α,β-unsaturated/α-hetero) is 1. The molecule has 0 fully saturated rings. The van der Waals surface area contributed by atoms with Crippen LogP contribution in [-0.2, 0) is 16.4 Å². The van der Waals surface area contributed by atoms with E-state index in [1.807, 2.05) is 13.0 Å². The second-order valence-electron chi connectivity index (χ2n) is 5.94. The number of pyridine rings is 1. The maximum Gasteiger partial charge on any atom is 0.267 e. The minimum atomic E-state index is -3.68. The Kier molecular flexibility index (Phi) is 4.55. The number of ketones is 1. The minimum absolute atomic E-state index is 0.104. The quantitative estimate of drug-likeness (QED) is 0.660. The molecule has 3 rings (SSSR count). The summed E-state index contributed by atoms with van der Waals surface area (Å²) in [5.74, 6) is -0.151. The smallest absolute Gasteiger partial charge is 0.267 e. The summed E-state index contributed by atoms with van der Waals surface area (Å²) in [4.78, 5) is 16.5. The van der Waals surface area contributed by atoms with Gasteiger partial charge in [0.2, 0.25) is 0 Å². The topological polar surface area (TPSA) is 69.0 Å². The van der Waals surface area contributed by atoms with Crippen molar-refractivity contribution in [2.75, 3.05) is 0 Å². The summed E-state index contributed by atoms with van der Waals surface area (Å²) in [6.07, 6.45) is 4.61. The third-order valence-corrected chi connectivity index (χ3v) is 5.73. The fourth-order valence-corrected chi connectivity index (χ4v) is 4.11.